The minimum atomic E-state index is -0.274. The van der Waals surface area contributed by atoms with Crippen molar-refractivity contribution in [1.82, 2.24) is 4.90 Å². The lowest BCUT2D eigenvalue weighted by Crippen LogP contribution is -2.16. The van der Waals surface area contributed by atoms with Gasteiger partial charge in [-0.3, -0.25) is 0 Å². The average molecular weight is 220 g/mol. The lowest BCUT2D eigenvalue weighted by molar-refractivity contribution is -0.139. The lowest BCUT2D eigenvalue weighted by atomic mass is 10.3. The molecule has 0 heterocycles. The highest BCUT2D eigenvalue weighted by Crippen LogP contribution is 1.98. The number of hydrogen-bond acceptors (Lipinski definition) is 3. The molecule has 0 unspecified atom stereocenters. The molecule has 0 saturated carbocycles. The number of hydrogen-bond donors (Lipinski definition) is 0. The molecule has 0 atom stereocenters. The molecule has 0 aromatic rings. The molecule has 0 aliphatic carbocycles. The van der Waals surface area contributed by atoms with Crippen LogP contribution in [0.25, 0.3) is 0 Å². The van der Waals surface area contributed by atoms with Crippen molar-refractivity contribution in [2.75, 3.05) is 33.1 Å². The molecule has 82 valence electrons. The van der Waals surface area contributed by atoms with Crippen molar-refractivity contribution in [2.24, 2.45) is 0 Å². The van der Waals surface area contributed by atoms with Crippen molar-refractivity contribution < 1.29 is 9.53 Å². The van der Waals surface area contributed by atoms with Gasteiger partial charge in [0.15, 0.2) is 0 Å². The van der Waals surface area contributed by atoms with Gasteiger partial charge in [-0.2, -0.15) is 0 Å². The maximum atomic E-state index is 11.2. The summed E-state index contributed by atoms with van der Waals surface area (Å²) < 4.78 is 5.01. The summed E-state index contributed by atoms with van der Waals surface area (Å²) in [6, 6.07) is 0. The van der Waals surface area contributed by atoms with Gasteiger partial charge in [0.1, 0.15) is 0 Å². The molecule has 0 rings (SSSR count). The third-order valence-electron chi connectivity index (χ3n) is 1.69. The molecule has 0 fully saturated rings. The van der Waals surface area contributed by atoms with Gasteiger partial charge >= 0.3 is 5.97 Å². The Hall–Kier alpha value is -0.540. The van der Waals surface area contributed by atoms with Crippen molar-refractivity contribution in [3.8, 4) is 0 Å². The molecule has 0 aliphatic rings. The fourth-order valence-corrected chi connectivity index (χ4v) is 1.09. The van der Waals surface area contributed by atoms with Crippen LogP contribution in [0.2, 0.25) is 0 Å². The SMILES string of the molecule is CC(=CCCl)C(=O)OCCCN(C)C. The predicted molar refractivity (Wildman–Crippen MR) is 58.6 cm³/mol. The van der Waals surface area contributed by atoms with Gasteiger partial charge in [0.05, 0.1) is 6.61 Å². The van der Waals surface area contributed by atoms with Crippen LogP contribution in [0.15, 0.2) is 11.6 Å². The maximum Gasteiger partial charge on any atom is 0.333 e. The molecule has 0 aliphatic heterocycles. The second-order valence-corrected chi connectivity index (χ2v) is 3.64. The quantitative estimate of drug-likeness (QED) is 0.295. The molecule has 0 bridgehead atoms. The van der Waals surface area contributed by atoms with Gasteiger partial charge in [0.25, 0.3) is 0 Å². The molecular formula is C10H18ClNO2. The summed E-state index contributed by atoms with van der Waals surface area (Å²) in [4.78, 5) is 13.3. The summed E-state index contributed by atoms with van der Waals surface area (Å²) in [6.07, 6.45) is 2.50. The summed E-state index contributed by atoms with van der Waals surface area (Å²) in [7, 11) is 3.97. The van der Waals surface area contributed by atoms with E-state index in [0.717, 1.165) is 13.0 Å². The van der Waals surface area contributed by atoms with E-state index in [4.69, 9.17) is 16.3 Å². The van der Waals surface area contributed by atoms with Gasteiger partial charge in [-0.05, 0) is 27.4 Å². The first-order valence-corrected chi connectivity index (χ1v) is 5.16. The first-order valence-electron chi connectivity index (χ1n) is 4.62. The summed E-state index contributed by atoms with van der Waals surface area (Å²) in [5.74, 6) is 0.0722. The van der Waals surface area contributed by atoms with Crippen LogP contribution in [0, 0.1) is 0 Å². The fourth-order valence-electron chi connectivity index (χ4n) is 0.859. The molecule has 0 spiro atoms. The molecule has 0 saturated heterocycles. The Kier molecular flexibility index (Phi) is 7.52. The number of ether oxygens (including phenoxy) is 1. The smallest absolute Gasteiger partial charge is 0.333 e. The molecule has 0 aromatic carbocycles. The molecule has 0 amide bonds. The number of esters is 1. The first-order chi connectivity index (χ1) is 6.57. The lowest BCUT2D eigenvalue weighted by Gasteiger charge is -2.09. The zero-order chi connectivity index (χ0) is 11.0. The number of allylic oxidation sites excluding steroid dienone is 1. The Labute approximate surface area is 90.7 Å². The Balaban J connectivity index is 3.59. The van der Waals surface area contributed by atoms with E-state index < -0.39 is 0 Å². The monoisotopic (exact) mass is 219 g/mol. The fraction of sp³-hybridized carbons (Fsp3) is 0.700. The largest absolute Gasteiger partial charge is 0.462 e. The van der Waals surface area contributed by atoms with Gasteiger partial charge in [-0.25, -0.2) is 4.79 Å². The van der Waals surface area contributed by atoms with E-state index >= 15 is 0 Å². The van der Waals surface area contributed by atoms with Crippen LogP contribution in [0.3, 0.4) is 0 Å². The minimum Gasteiger partial charge on any atom is -0.462 e. The highest BCUT2D eigenvalue weighted by atomic mass is 35.5. The van der Waals surface area contributed by atoms with Crippen LogP contribution < -0.4 is 0 Å². The Morgan fingerprint density at radius 3 is 2.64 bits per heavy atom. The Morgan fingerprint density at radius 2 is 2.14 bits per heavy atom. The van der Waals surface area contributed by atoms with Gasteiger partial charge in [0.2, 0.25) is 0 Å². The van der Waals surface area contributed by atoms with Crippen LogP contribution in [0.5, 0.6) is 0 Å². The van der Waals surface area contributed by atoms with E-state index in [1.54, 1.807) is 13.0 Å². The van der Waals surface area contributed by atoms with Crippen molar-refractivity contribution in [2.45, 2.75) is 13.3 Å². The number of alkyl halides is 1. The Morgan fingerprint density at radius 1 is 1.50 bits per heavy atom. The molecule has 0 N–H and O–H groups in total. The maximum absolute atomic E-state index is 11.2. The van der Waals surface area contributed by atoms with Gasteiger partial charge in [-0.1, -0.05) is 6.08 Å². The van der Waals surface area contributed by atoms with E-state index in [-0.39, 0.29) is 5.97 Å². The highest BCUT2D eigenvalue weighted by molar-refractivity contribution is 6.19. The minimum absolute atomic E-state index is 0.274. The third-order valence-corrected chi connectivity index (χ3v) is 1.84. The van der Waals surface area contributed by atoms with Crippen LogP contribution in [0.4, 0.5) is 0 Å². The van der Waals surface area contributed by atoms with Crippen molar-refractivity contribution in [1.29, 1.82) is 0 Å². The zero-order valence-corrected chi connectivity index (χ0v) is 9.80. The van der Waals surface area contributed by atoms with E-state index in [2.05, 4.69) is 4.90 Å². The van der Waals surface area contributed by atoms with Crippen molar-refractivity contribution >= 4 is 17.6 Å². The van der Waals surface area contributed by atoms with E-state index in [9.17, 15) is 4.79 Å². The number of carbonyl (C=O) groups excluding carboxylic acids is 1. The molecule has 14 heavy (non-hydrogen) atoms. The second-order valence-electron chi connectivity index (χ2n) is 3.33. The van der Waals surface area contributed by atoms with Crippen LogP contribution in [-0.2, 0) is 9.53 Å². The van der Waals surface area contributed by atoms with Crippen LogP contribution >= 0.6 is 11.6 Å². The van der Waals surface area contributed by atoms with Gasteiger partial charge in [-0.15, -0.1) is 11.6 Å². The average Bonchev–Trinajstić information content (AvgIpc) is 2.12. The molecule has 4 heteroatoms. The Bertz CT molecular complexity index is 202. The van der Waals surface area contributed by atoms with E-state index in [1.165, 1.54) is 0 Å². The number of halogens is 1. The third kappa shape index (κ3) is 6.92. The summed E-state index contributed by atoms with van der Waals surface area (Å²) >= 11 is 5.45. The number of nitrogens with zero attached hydrogens (tertiary/aromatic N) is 1. The standard InChI is InChI=1S/C10H18ClNO2/c1-9(5-6-11)10(13)14-8-4-7-12(2)3/h5H,4,6-8H2,1-3H3. The first kappa shape index (κ1) is 13.5. The summed E-state index contributed by atoms with van der Waals surface area (Å²) in [6.45, 7) is 3.09. The van der Waals surface area contributed by atoms with Crippen LogP contribution in [0.1, 0.15) is 13.3 Å². The van der Waals surface area contributed by atoms with Gasteiger partial charge in [0, 0.05) is 18.0 Å². The predicted octanol–water partition coefficient (Wildman–Crippen LogP) is 1.67. The van der Waals surface area contributed by atoms with Crippen molar-refractivity contribution in [3.63, 3.8) is 0 Å². The van der Waals surface area contributed by atoms with Crippen molar-refractivity contribution in [3.05, 3.63) is 11.6 Å². The zero-order valence-electron chi connectivity index (χ0n) is 9.05. The summed E-state index contributed by atoms with van der Waals surface area (Å²) in [5.41, 5.74) is 0.574. The normalized spacial score (nSPS) is 11.9. The van der Waals surface area contributed by atoms with E-state index in [1.807, 2.05) is 14.1 Å². The number of rotatable bonds is 6. The van der Waals surface area contributed by atoms with Gasteiger partial charge < -0.3 is 9.64 Å². The molecule has 0 aromatic heterocycles. The molecule has 3 nitrogen and oxygen atoms in total. The van der Waals surface area contributed by atoms with E-state index in [0.29, 0.717) is 18.1 Å². The second kappa shape index (κ2) is 7.83. The topological polar surface area (TPSA) is 29.5 Å². The molecular weight excluding hydrogens is 202 g/mol. The molecule has 0 radical (unpaired) electrons. The highest BCUT2D eigenvalue weighted by Gasteiger charge is 2.04. The van der Waals surface area contributed by atoms with Crippen LogP contribution in [-0.4, -0.2) is 44.0 Å². The number of carbonyl (C=O) groups is 1. The summed E-state index contributed by atoms with van der Waals surface area (Å²) in [5, 5.41) is 0.